The van der Waals surface area contributed by atoms with Crippen LogP contribution in [0, 0.1) is 0 Å². The maximum Gasteiger partial charge on any atom is 0.262 e. The number of carbonyl (C=O) groups is 3. The fourth-order valence-electron chi connectivity index (χ4n) is 2.52. The highest BCUT2D eigenvalue weighted by Gasteiger charge is 2.12. The van der Waals surface area contributed by atoms with Crippen LogP contribution in [0.15, 0.2) is 48.5 Å². The summed E-state index contributed by atoms with van der Waals surface area (Å²) < 4.78 is 5.41. The van der Waals surface area contributed by atoms with E-state index >= 15 is 0 Å². The van der Waals surface area contributed by atoms with Crippen LogP contribution in [0.1, 0.15) is 41.5 Å². The molecule has 0 aliphatic rings. The van der Waals surface area contributed by atoms with Gasteiger partial charge in [0.05, 0.1) is 0 Å². The molecule has 0 atom stereocenters. The lowest BCUT2D eigenvalue weighted by molar-refractivity contribution is -0.118. The molecule has 0 unspecified atom stereocenters. The summed E-state index contributed by atoms with van der Waals surface area (Å²) in [6.45, 7) is 6.51. The topological polar surface area (TPSA) is 75.7 Å². The Morgan fingerprint density at radius 1 is 0.889 bits per heavy atom. The smallest absolute Gasteiger partial charge is 0.262 e. The Labute approximate surface area is 159 Å². The summed E-state index contributed by atoms with van der Waals surface area (Å²) in [7, 11) is 0. The zero-order valence-electron chi connectivity index (χ0n) is 15.8. The first-order valence-corrected chi connectivity index (χ1v) is 8.87. The molecule has 2 aromatic rings. The molecule has 0 spiro atoms. The van der Waals surface area contributed by atoms with Gasteiger partial charge in [-0.3, -0.25) is 14.4 Å². The lowest BCUT2D eigenvalue weighted by Crippen LogP contribution is -2.30. The molecule has 0 saturated carbocycles. The van der Waals surface area contributed by atoms with Gasteiger partial charge in [0.2, 0.25) is 0 Å². The minimum Gasteiger partial charge on any atom is -0.484 e. The molecule has 0 saturated heterocycles. The number of nitrogens with zero attached hydrogens (tertiary/aromatic N) is 1. The zero-order chi connectivity index (χ0) is 19.8. The number of Topliss-reactive ketones (excluding diaryl/α,β-unsaturated/α-hetero) is 1. The molecular weight excluding hydrogens is 344 g/mol. The molecule has 0 aliphatic carbocycles. The second kappa shape index (κ2) is 9.52. The number of hydrogen-bond acceptors (Lipinski definition) is 4. The molecular formula is C21H24N2O4. The van der Waals surface area contributed by atoms with Gasteiger partial charge in [0.25, 0.3) is 11.8 Å². The number of nitrogens with one attached hydrogen (secondary N) is 1. The monoisotopic (exact) mass is 368 g/mol. The third-order valence-corrected chi connectivity index (χ3v) is 4.10. The summed E-state index contributed by atoms with van der Waals surface area (Å²) in [6.07, 6.45) is 0. The number of benzene rings is 2. The molecule has 0 aliphatic heterocycles. The van der Waals surface area contributed by atoms with Gasteiger partial charge in [-0.25, -0.2) is 0 Å². The number of rotatable bonds is 8. The van der Waals surface area contributed by atoms with E-state index in [0.717, 1.165) is 0 Å². The fourth-order valence-corrected chi connectivity index (χ4v) is 2.52. The maximum atomic E-state index is 12.3. The summed E-state index contributed by atoms with van der Waals surface area (Å²) in [5.41, 5.74) is 1.76. The van der Waals surface area contributed by atoms with Crippen LogP contribution in [0.25, 0.3) is 0 Å². The number of carbonyl (C=O) groups excluding carboxylic acids is 3. The SMILES string of the molecule is CCN(CC)C(=O)c1ccc(NC(=O)COc2ccc(C(C)=O)cc2)cc1. The summed E-state index contributed by atoms with van der Waals surface area (Å²) in [5.74, 6) is 0.140. The third kappa shape index (κ3) is 5.67. The molecule has 2 rings (SSSR count). The molecule has 142 valence electrons. The average molecular weight is 368 g/mol. The molecule has 0 radical (unpaired) electrons. The Balaban J connectivity index is 1.88. The normalized spacial score (nSPS) is 10.2. The second-order valence-electron chi connectivity index (χ2n) is 5.97. The van der Waals surface area contributed by atoms with E-state index in [-0.39, 0.29) is 24.2 Å². The first-order chi connectivity index (χ1) is 12.9. The largest absolute Gasteiger partial charge is 0.484 e. The van der Waals surface area contributed by atoms with Crippen LogP contribution in [-0.4, -0.2) is 42.2 Å². The van der Waals surface area contributed by atoms with Crippen LogP contribution in [0.4, 0.5) is 5.69 Å². The Hall–Kier alpha value is -3.15. The molecule has 0 heterocycles. The Kier molecular flexibility index (Phi) is 7.11. The predicted molar refractivity (Wildman–Crippen MR) is 104 cm³/mol. The van der Waals surface area contributed by atoms with E-state index in [9.17, 15) is 14.4 Å². The highest BCUT2D eigenvalue weighted by Crippen LogP contribution is 2.14. The van der Waals surface area contributed by atoms with Gasteiger partial charge in [-0.2, -0.15) is 0 Å². The highest BCUT2D eigenvalue weighted by molar-refractivity contribution is 5.96. The van der Waals surface area contributed by atoms with E-state index < -0.39 is 0 Å². The number of hydrogen-bond donors (Lipinski definition) is 1. The minimum atomic E-state index is -0.312. The number of ketones is 1. The van der Waals surface area contributed by atoms with Crippen molar-refractivity contribution in [2.75, 3.05) is 25.0 Å². The van der Waals surface area contributed by atoms with Crippen molar-refractivity contribution < 1.29 is 19.1 Å². The van der Waals surface area contributed by atoms with Gasteiger partial charge in [-0.05, 0) is 69.3 Å². The van der Waals surface area contributed by atoms with E-state index in [4.69, 9.17) is 4.74 Å². The van der Waals surface area contributed by atoms with Crippen LogP contribution in [0.3, 0.4) is 0 Å². The van der Waals surface area contributed by atoms with Gasteiger partial charge < -0.3 is 15.0 Å². The predicted octanol–water partition coefficient (Wildman–Crippen LogP) is 3.39. The third-order valence-electron chi connectivity index (χ3n) is 4.10. The Morgan fingerprint density at radius 2 is 1.44 bits per heavy atom. The molecule has 6 heteroatoms. The number of anilines is 1. The standard InChI is InChI=1S/C21H24N2O4/c1-4-23(5-2)21(26)17-6-10-18(11-7-17)22-20(25)14-27-19-12-8-16(9-13-19)15(3)24/h6-13H,4-5,14H2,1-3H3,(H,22,25). The number of ether oxygens (including phenoxy) is 1. The van der Waals surface area contributed by atoms with Crippen molar-refractivity contribution in [1.29, 1.82) is 0 Å². The molecule has 2 amide bonds. The molecule has 2 aromatic carbocycles. The van der Waals surface area contributed by atoms with Crippen molar-refractivity contribution in [3.05, 3.63) is 59.7 Å². The molecule has 0 aromatic heterocycles. The highest BCUT2D eigenvalue weighted by atomic mass is 16.5. The van der Waals surface area contributed by atoms with Gasteiger partial charge in [-0.1, -0.05) is 0 Å². The average Bonchev–Trinajstić information content (AvgIpc) is 2.68. The van der Waals surface area contributed by atoms with Gasteiger partial charge in [0, 0.05) is 29.9 Å². The number of amides is 2. The Bertz CT molecular complexity index is 794. The first kappa shape index (κ1) is 20.2. The van der Waals surface area contributed by atoms with Gasteiger partial charge >= 0.3 is 0 Å². The van der Waals surface area contributed by atoms with E-state index in [0.29, 0.717) is 35.7 Å². The first-order valence-electron chi connectivity index (χ1n) is 8.87. The summed E-state index contributed by atoms with van der Waals surface area (Å²) in [5, 5.41) is 2.72. The van der Waals surface area contributed by atoms with E-state index in [1.165, 1.54) is 6.92 Å². The quantitative estimate of drug-likeness (QED) is 0.725. The van der Waals surface area contributed by atoms with E-state index in [1.807, 2.05) is 13.8 Å². The van der Waals surface area contributed by atoms with Crippen molar-refractivity contribution in [3.63, 3.8) is 0 Å². The van der Waals surface area contributed by atoms with Crippen molar-refractivity contribution in [1.82, 2.24) is 4.90 Å². The van der Waals surface area contributed by atoms with Crippen molar-refractivity contribution in [2.45, 2.75) is 20.8 Å². The molecule has 0 fully saturated rings. The van der Waals surface area contributed by atoms with Crippen LogP contribution in [0.5, 0.6) is 5.75 Å². The van der Waals surface area contributed by atoms with Gasteiger partial charge in [0.1, 0.15) is 5.75 Å². The minimum absolute atomic E-state index is 0.0257. The lowest BCUT2D eigenvalue weighted by atomic mass is 10.1. The van der Waals surface area contributed by atoms with E-state index in [1.54, 1.807) is 53.4 Å². The maximum absolute atomic E-state index is 12.3. The molecule has 0 bridgehead atoms. The summed E-state index contributed by atoms with van der Waals surface area (Å²) >= 11 is 0. The molecule has 6 nitrogen and oxygen atoms in total. The molecule has 1 N–H and O–H groups in total. The van der Waals surface area contributed by atoms with Crippen molar-refractivity contribution >= 4 is 23.3 Å². The van der Waals surface area contributed by atoms with Crippen LogP contribution < -0.4 is 10.1 Å². The second-order valence-corrected chi connectivity index (χ2v) is 5.97. The summed E-state index contributed by atoms with van der Waals surface area (Å²) in [4.78, 5) is 37.2. The van der Waals surface area contributed by atoms with Crippen LogP contribution in [0.2, 0.25) is 0 Å². The Morgan fingerprint density at radius 3 is 1.96 bits per heavy atom. The van der Waals surface area contributed by atoms with Gasteiger partial charge in [-0.15, -0.1) is 0 Å². The van der Waals surface area contributed by atoms with Crippen LogP contribution in [-0.2, 0) is 4.79 Å². The summed E-state index contributed by atoms with van der Waals surface area (Å²) in [6, 6.07) is 13.4. The van der Waals surface area contributed by atoms with E-state index in [2.05, 4.69) is 5.32 Å². The fraction of sp³-hybridized carbons (Fsp3) is 0.286. The van der Waals surface area contributed by atoms with Crippen LogP contribution >= 0.6 is 0 Å². The molecule has 27 heavy (non-hydrogen) atoms. The van der Waals surface area contributed by atoms with Gasteiger partial charge in [0.15, 0.2) is 12.4 Å². The zero-order valence-corrected chi connectivity index (χ0v) is 15.8. The van der Waals surface area contributed by atoms with Crippen molar-refractivity contribution in [3.8, 4) is 5.75 Å². The lowest BCUT2D eigenvalue weighted by Gasteiger charge is -2.18. The van der Waals surface area contributed by atoms with Crippen molar-refractivity contribution in [2.24, 2.45) is 0 Å².